The normalized spacial score (nSPS) is 20.2. The van der Waals surface area contributed by atoms with Gasteiger partial charge in [0.15, 0.2) is 0 Å². The summed E-state index contributed by atoms with van der Waals surface area (Å²) in [5.41, 5.74) is 4.04. The fraction of sp³-hybridized carbons (Fsp3) is 0.462. The summed E-state index contributed by atoms with van der Waals surface area (Å²) in [4.78, 5) is 4.51. The lowest BCUT2D eigenvalue weighted by Gasteiger charge is -2.24. The summed E-state index contributed by atoms with van der Waals surface area (Å²) in [6.07, 6.45) is 6.79. The van der Waals surface area contributed by atoms with Crippen LogP contribution in [0.25, 0.3) is 0 Å². The lowest BCUT2D eigenvalue weighted by atomic mass is 9.83. The van der Waals surface area contributed by atoms with Crippen LogP contribution in [-0.2, 0) is 6.42 Å². The molecule has 1 heteroatoms. The first kappa shape index (κ1) is 9.45. The van der Waals surface area contributed by atoms with Crippen molar-refractivity contribution in [2.24, 2.45) is 0 Å². The fourth-order valence-electron chi connectivity index (χ4n) is 2.32. The molecule has 1 unspecified atom stereocenters. The number of nitrogens with zero attached hydrogens (tertiary/aromatic N) is 1. The smallest absolute Gasteiger partial charge is 0.0469 e. The number of allylic oxidation sites excluding steroid dienone is 1. The maximum atomic E-state index is 4.51. The average Bonchev–Trinajstić information content (AvgIpc) is 2.18. The number of rotatable bonds is 2. The summed E-state index contributed by atoms with van der Waals surface area (Å²) in [6.45, 7) is 6.10. The lowest BCUT2D eigenvalue weighted by molar-refractivity contribution is 0.534. The third-order valence-electron chi connectivity index (χ3n) is 2.91. The highest BCUT2D eigenvalue weighted by Gasteiger charge is 2.20. The summed E-state index contributed by atoms with van der Waals surface area (Å²) in [5.74, 6) is 0.623. The highest BCUT2D eigenvalue weighted by Crippen LogP contribution is 2.33. The minimum Gasteiger partial charge on any atom is -0.261 e. The minimum absolute atomic E-state index is 0.623. The Labute approximate surface area is 85.9 Å². The first-order valence-electron chi connectivity index (χ1n) is 5.35. The second kappa shape index (κ2) is 3.95. The molecular formula is C13H17N. The van der Waals surface area contributed by atoms with Gasteiger partial charge in [-0.2, -0.15) is 0 Å². The Kier molecular flexibility index (Phi) is 2.67. The van der Waals surface area contributed by atoms with Gasteiger partial charge in [-0.25, -0.2) is 0 Å². The number of hydrogen-bond donors (Lipinski definition) is 0. The molecule has 74 valence electrons. The molecule has 0 aliphatic heterocycles. The SMILES string of the molecule is C=C(C)CC1CCCc2cccnc21. The number of hydrogen-bond acceptors (Lipinski definition) is 1. The lowest BCUT2D eigenvalue weighted by Crippen LogP contribution is -2.11. The monoisotopic (exact) mass is 187 g/mol. The second-order valence-electron chi connectivity index (χ2n) is 4.30. The number of aryl methyl sites for hydroxylation is 1. The number of pyridine rings is 1. The maximum Gasteiger partial charge on any atom is 0.0469 e. The average molecular weight is 187 g/mol. The van der Waals surface area contributed by atoms with Gasteiger partial charge in [0.05, 0.1) is 0 Å². The molecule has 1 nitrogen and oxygen atoms in total. The standard InChI is InChI=1S/C13H17N/c1-10(2)9-12-6-3-5-11-7-4-8-14-13(11)12/h4,7-8,12H,1,3,5-6,9H2,2H3. The predicted molar refractivity (Wildman–Crippen MR) is 59.3 cm³/mol. The molecule has 14 heavy (non-hydrogen) atoms. The molecule has 0 N–H and O–H groups in total. The van der Waals surface area contributed by atoms with E-state index in [4.69, 9.17) is 0 Å². The van der Waals surface area contributed by atoms with Gasteiger partial charge in [0.2, 0.25) is 0 Å². The first-order valence-corrected chi connectivity index (χ1v) is 5.35. The quantitative estimate of drug-likeness (QED) is 0.646. The van der Waals surface area contributed by atoms with E-state index >= 15 is 0 Å². The van der Waals surface area contributed by atoms with Gasteiger partial charge in [-0.05, 0) is 44.2 Å². The molecule has 1 aromatic rings. The van der Waals surface area contributed by atoms with Gasteiger partial charge in [0.25, 0.3) is 0 Å². The van der Waals surface area contributed by atoms with Gasteiger partial charge in [-0.15, -0.1) is 6.58 Å². The molecule has 1 aromatic heterocycles. The van der Waals surface area contributed by atoms with E-state index in [0.717, 1.165) is 6.42 Å². The molecule has 2 rings (SSSR count). The van der Waals surface area contributed by atoms with Crippen LogP contribution in [0.1, 0.15) is 43.4 Å². The van der Waals surface area contributed by atoms with E-state index in [2.05, 4.69) is 24.6 Å². The second-order valence-corrected chi connectivity index (χ2v) is 4.30. The Morgan fingerprint density at radius 1 is 1.64 bits per heavy atom. The molecule has 0 saturated heterocycles. The van der Waals surface area contributed by atoms with Crippen molar-refractivity contribution in [2.75, 3.05) is 0 Å². The molecule has 0 bridgehead atoms. The van der Waals surface area contributed by atoms with Crippen molar-refractivity contribution in [1.29, 1.82) is 0 Å². The van der Waals surface area contributed by atoms with Gasteiger partial charge >= 0.3 is 0 Å². The molecule has 0 spiro atoms. The van der Waals surface area contributed by atoms with Crippen LogP contribution in [0.4, 0.5) is 0 Å². The van der Waals surface area contributed by atoms with Crippen molar-refractivity contribution in [3.63, 3.8) is 0 Å². The number of fused-ring (bicyclic) bond motifs is 1. The molecule has 1 aliphatic rings. The molecule has 0 saturated carbocycles. The molecular weight excluding hydrogens is 170 g/mol. The van der Waals surface area contributed by atoms with Crippen LogP contribution in [0, 0.1) is 0 Å². The summed E-state index contributed by atoms with van der Waals surface area (Å²) < 4.78 is 0. The van der Waals surface area contributed by atoms with Crippen LogP contribution >= 0.6 is 0 Å². The van der Waals surface area contributed by atoms with Crippen LogP contribution in [0.15, 0.2) is 30.5 Å². The van der Waals surface area contributed by atoms with E-state index in [1.807, 2.05) is 12.3 Å². The van der Waals surface area contributed by atoms with Crippen molar-refractivity contribution in [3.05, 3.63) is 41.7 Å². The predicted octanol–water partition coefficient (Wildman–Crippen LogP) is 3.47. The molecule has 0 radical (unpaired) electrons. The molecule has 1 heterocycles. The van der Waals surface area contributed by atoms with E-state index in [-0.39, 0.29) is 0 Å². The van der Waals surface area contributed by atoms with Gasteiger partial charge in [0.1, 0.15) is 0 Å². The minimum atomic E-state index is 0.623. The van der Waals surface area contributed by atoms with Crippen LogP contribution in [0.5, 0.6) is 0 Å². The number of aromatic nitrogens is 1. The Morgan fingerprint density at radius 3 is 3.29 bits per heavy atom. The summed E-state index contributed by atoms with van der Waals surface area (Å²) >= 11 is 0. The van der Waals surface area contributed by atoms with E-state index < -0.39 is 0 Å². The zero-order valence-corrected chi connectivity index (χ0v) is 8.79. The van der Waals surface area contributed by atoms with Gasteiger partial charge in [0, 0.05) is 17.8 Å². The van der Waals surface area contributed by atoms with E-state index in [1.54, 1.807) is 0 Å². The highest BCUT2D eigenvalue weighted by molar-refractivity contribution is 5.26. The Bertz CT molecular complexity index is 341. The zero-order chi connectivity index (χ0) is 9.97. The molecule has 0 aromatic carbocycles. The Balaban J connectivity index is 2.26. The largest absolute Gasteiger partial charge is 0.261 e. The summed E-state index contributed by atoms with van der Waals surface area (Å²) in [7, 11) is 0. The zero-order valence-electron chi connectivity index (χ0n) is 8.79. The van der Waals surface area contributed by atoms with Crippen LogP contribution in [0.2, 0.25) is 0 Å². The topological polar surface area (TPSA) is 12.9 Å². The molecule has 0 amide bonds. The van der Waals surface area contributed by atoms with Gasteiger partial charge in [-0.3, -0.25) is 4.98 Å². The van der Waals surface area contributed by atoms with E-state index in [0.29, 0.717) is 5.92 Å². The third kappa shape index (κ3) is 1.87. The van der Waals surface area contributed by atoms with Crippen molar-refractivity contribution in [1.82, 2.24) is 4.98 Å². The summed E-state index contributed by atoms with van der Waals surface area (Å²) in [5, 5.41) is 0. The van der Waals surface area contributed by atoms with Crippen LogP contribution < -0.4 is 0 Å². The third-order valence-corrected chi connectivity index (χ3v) is 2.91. The van der Waals surface area contributed by atoms with Crippen LogP contribution in [-0.4, -0.2) is 4.98 Å². The van der Waals surface area contributed by atoms with Crippen molar-refractivity contribution in [3.8, 4) is 0 Å². The fourth-order valence-corrected chi connectivity index (χ4v) is 2.32. The van der Waals surface area contributed by atoms with Crippen LogP contribution in [0.3, 0.4) is 0 Å². The molecule has 0 fully saturated rings. The molecule has 1 aliphatic carbocycles. The Hall–Kier alpha value is -1.11. The Morgan fingerprint density at radius 2 is 2.50 bits per heavy atom. The molecule has 1 atom stereocenters. The maximum absolute atomic E-state index is 4.51. The van der Waals surface area contributed by atoms with Crippen molar-refractivity contribution < 1.29 is 0 Å². The van der Waals surface area contributed by atoms with E-state index in [9.17, 15) is 0 Å². The van der Waals surface area contributed by atoms with Gasteiger partial charge < -0.3 is 0 Å². The van der Waals surface area contributed by atoms with Crippen molar-refractivity contribution in [2.45, 2.75) is 38.5 Å². The van der Waals surface area contributed by atoms with Gasteiger partial charge in [-0.1, -0.05) is 11.6 Å². The summed E-state index contributed by atoms with van der Waals surface area (Å²) in [6, 6.07) is 4.26. The highest BCUT2D eigenvalue weighted by atomic mass is 14.7. The first-order chi connectivity index (χ1) is 6.77. The van der Waals surface area contributed by atoms with Crippen molar-refractivity contribution >= 4 is 0 Å². The van der Waals surface area contributed by atoms with E-state index in [1.165, 1.54) is 36.1 Å².